The number of benzene rings is 9. The first-order chi connectivity index (χ1) is 28.3. The van der Waals surface area contributed by atoms with Gasteiger partial charge in [-0.2, -0.15) is 0 Å². The number of hydrogen-bond donors (Lipinski definition) is 0. The molecule has 0 atom stereocenters. The van der Waals surface area contributed by atoms with Crippen LogP contribution in [0.3, 0.4) is 0 Å². The summed E-state index contributed by atoms with van der Waals surface area (Å²) in [5, 5.41) is 4.70. The second-order valence-electron chi connectivity index (χ2n) is 14.1. The Bertz CT molecular complexity index is 2750. The van der Waals surface area contributed by atoms with Crippen LogP contribution in [0, 0.1) is 0 Å². The molecule has 9 aromatic carbocycles. The molecule has 0 aliphatic rings. The number of aromatic nitrogens is 1. The molecule has 270 valence electrons. The number of rotatable bonds is 9. The summed E-state index contributed by atoms with van der Waals surface area (Å²) in [6.07, 6.45) is 0. The summed E-state index contributed by atoms with van der Waals surface area (Å²) >= 11 is 0. The van der Waals surface area contributed by atoms with Crippen LogP contribution in [0.15, 0.2) is 237 Å². The highest BCUT2D eigenvalue weighted by Crippen LogP contribution is 2.56. The molecule has 0 saturated carbocycles. The maximum absolute atomic E-state index is 2.49. The van der Waals surface area contributed by atoms with Crippen LogP contribution in [0.1, 0.15) is 0 Å². The standard InChI is InChI=1S/C54H39N3/c1-6-24-42(25-7-1)51-52(43-26-8-2-9-27-43)54(56(45-32-12-4-13-33-45)50-39-21-29-41-23-17-19-37-48(41)50)57(46-34-14-5-15-35-46)53(51)55(44-30-10-3-11-31-44)49-38-20-28-40-22-16-18-36-47(40)49/h1-39H. The molecule has 0 radical (unpaired) electrons. The minimum absolute atomic E-state index is 1.03. The van der Waals surface area contributed by atoms with Crippen molar-refractivity contribution in [3.8, 4) is 27.9 Å². The van der Waals surface area contributed by atoms with Gasteiger partial charge in [-0.05, 0) is 70.4 Å². The first-order valence-corrected chi connectivity index (χ1v) is 19.5. The highest BCUT2D eigenvalue weighted by atomic mass is 15.3. The van der Waals surface area contributed by atoms with Gasteiger partial charge in [-0.15, -0.1) is 0 Å². The molecule has 0 aliphatic carbocycles. The van der Waals surface area contributed by atoms with Gasteiger partial charge in [0, 0.05) is 39.0 Å². The van der Waals surface area contributed by atoms with Crippen LogP contribution < -0.4 is 9.80 Å². The largest absolute Gasteiger partial charge is 0.295 e. The quantitative estimate of drug-likeness (QED) is 0.147. The Labute approximate surface area is 333 Å². The number of hydrogen-bond acceptors (Lipinski definition) is 2. The number of para-hydroxylation sites is 3. The fourth-order valence-corrected chi connectivity index (χ4v) is 8.26. The van der Waals surface area contributed by atoms with E-state index in [9.17, 15) is 0 Å². The number of anilines is 6. The van der Waals surface area contributed by atoms with Gasteiger partial charge in [0.05, 0.1) is 11.4 Å². The van der Waals surface area contributed by atoms with Crippen molar-refractivity contribution in [2.45, 2.75) is 0 Å². The van der Waals surface area contributed by atoms with E-state index in [0.717, 1.165) is 62.3 Å². The monoisotopic (exact) mass is 729 g/mol. The van der Waals surface area contributed by atoms with Gasteiger partial charge in [0.15, 0.2) is 0 Å². The summed E-state index contributed by atoms with van der Waals surface area (Å²) in [4.78, 5) is 4.94. The van der Waals surface area contributed by atoms with E-state index < -0.39 is 0 Å². The second kappa shape index (κ2) is 14.9. The van der Waals surface area contributed by atoms with Crippen molar-refractivity contribution in [3.63, 3.8) is 0 Å². The smallest absolute Gasteiger partial charge is 0.132 e. The van der Waals surface area contributed by atoms with Crippen LogP contribution in [0.4, 0.5) is 34.4 Å². The van der Waals surface area contributed by atoms with E-state index in [1.807, 2.05) is 0 Å². The predicted octanol–water partition coefficient (Wildman–Crippen LogP) is 15.1. The van der Waals surface area contributed by atoms with E-state index >= 15 is 0 Å². The number of nitrogens with zero attached hydrogens (tertiary/aromatic N) is 3. The van der Waals surface area contributed by atoms with Gasteiger partial charge < -0.3 is 0 Å². The Hall–Kier alpha value is -7.62. The molecule has 0 aliphatic heterocycles. The van der Waals surface area contributed by atoms with Crippen LogP contribution in [-0.4, -0.2) is 4.57 Å². The number of fused-ring (bicyclic) bond motifs is 2. The molecule has 0 amide bonds. The molecule has 0 spiro atoms. The SMILES string of the molecule is c1ccc(-c2c(-c3ccccc3)c(N(c3ccccc3)c3cccc4ccccc34)n(-c3ccccc3)c2N(c2ccccc2)c2cccc3ccccc23)cc1. The molecule has 0 bridgehead atoms. The van der Waals surface area contributed by atoms with Gasteiger partial charge in [0.1, 0.15) is 11.6 Å². The Morgan fingerprint density at radius 2 is 0.614 bits per heavy atom. The first kappa shape index (κ1) is 33.9. The molecule has 1 heterocycles. The maximum atomic E-state index is 2.49. The van der Waals surface area contributed by atoms with Gasteiger partial charge in [0.2, 0.25) is 0 Å². The molecule has 57 heavy (non-hydrogen) atoms. The normalized spacial score (nSPS) is 11.2. The van der Waals surface area contributed by atoms with Gasteiger partial charge in [-0.25, -0.2) is 0 Å². The second-order valence-corrected chi connectivity index (χ2v) is 14.1. The lowest BCUT2D eigenvalue weighted by Crippen LogP contribution is -2.19. The third-order valence-corrected chi connectivity index (χ3v) is 10.7. The van der Waals surface area contributed by atoms with Crippen LogP contribution in [-0.2, 0) is 0 Å². The van der Waals surface area contributed by atoms with E-state index in [1.165, 1.54) is 21.5 Å². The predicted molar refractivity (Wildman–Crippen MR) is 241 cm³/mol. The zero-order chi connectivity index (χ0) is 38.0. The fourth-order valence-electron chi connectivity index (χ4n) is 8.26. The molecular weight excluding hydrogens is 691 g/mol. The summed E-state index contributed by atoms with van der Waals surface area (Å²) < 4.78 is 2.49. The average Bonchev–Trinajstić information content (AvgIpc) is 3.63. The summed E-state index contributed by atoms with van der Waals surface area (Å²) in [5.41, 5.74) is 9.83. The Kier molecular flexibility index (Phi) is 8.86. The van der Waals surface area contributed by atoms with E-state index in [0.29, 0.717) is 0 Å². The third-order valence-electron chi connectivity index (χ3n) is 10.7. The molecule has 3 heteroatoms. The molecule has 10 rings (SSSR count). The van der Waals surface area contributed by atoms with E-state index in [2.05, 4.69) is 251 Å². The summed E-state index contributed by atoms with van der Waals surface area (Å²) in [6.45, 7) is 0. The Balaban J connectivity index is 1.47. The van der Waals surface area contributed by atoms with Crippen molar-refractivity contribution in [3.05, 3.63) is 237 Å². The molecule has 0 saturated heterocycles. The molecule has 0 N–H and O–H groups in total. The molecule has 1 aromatic heterocycles. The highest BCUT2D eigenvalue weighted by Gasteiger charge is 2.35. The van der Waals surface area contributed by atoms with E-state index in [1.54, 1.807) is 0 Å². The average molecular weight is 730 g/mol. The van der Waals surface area contributed by atoms with Crippen LogP contribution >= 0.6 is 0 Å². The lowest BCUT2D eigenvalue weighted by atomic mass is 9.96. The van der Waals surface area contributed by atoms with Crippen molar-refractivity contribution in [1.29, 1.82) is 0 Å². The summed E-state index contributed by atoms with van der Waals surface area (Å²) in [6, 6.07) is 85.0. The van der Waals surface area contributed by atoms with Gasteiger partial charge >= 0.3 is 0 Å². The lowest BCUT2D eigenvalue weighted by Gasteiger charge is -2.32. The van der Waals surface area contributed by atoms with Gasteiger partial charge in [0.25, 0.3) is 0 Å². The van der Waals surface area contributed by atoms with Gasteiger partial charge in [-0.3, -0.25) is 14.4 Å². The molecule has 0 fully saturated rings. The minimum Gasteiger partial charge on any atom is -0.295 e. The Morgan fingerprint density at radius 1 is 0.281 bits per heavy atom. The lowest BCUT2D eigenvalue weighted by molar-refractivity contribution is 1.02. The molecule has 0 unspecified atom stereocenters. The maximum Gasteiger partial charge on any atom is 0.132 e. The van der Waals surface area contributed by atoms with Crippen molar-refractivity contribution >= 4 is 55.9 Å². The molecule has 10 aromatic rings. The minimum atomic E-state index is 1.03. The topological polar surface area (TPSA) is 11.4 Å². The molecule has 3 nitrogen and oxygen atoms in total. The first-order valence-electron chi connectivity index (χ1n) is 19.5. The summed E-state index contributed by atoms with van der Waals surface area (Å²) in [7, 11) is 0. The van der Waals surface area contributed by atoms with Crippen molar-refractivity contribution in [2.75, 3.05) is 9.80 Å². The van der Waals surface area contributed by atoms with Crippen molar-refractivity contribution in [1.82, 2.24) is 4.57 Å². The van der Waals surface area contributed by atoms with Crippen molar-refractivity contribution in [2.24, 2.45) is 0 Å². The summed E-state index contributed by atoms with van der Waals surface area (Å²) in [5.74, 6) is 2.06. The van der Waals surface area contributed by atoms with Gasteiger partial charge in [-0.1, -0.05) is 188 Å². The van der Waals surface area contributed by atoms with Crippen molar-refractivity contribution < 1.29 is 0 Å². The van der Waals surface area contributed by atoms with Crippen LogP contribution in [0.2, 0.25) is 0 Å². The van der Waals surface area contributed by atoms with Crippen LogP contribution in [0.5, 0.6) is 0 Å². The zero-order valence-corrected chi connectivity index (χ0v) is 31.4. The van der Waals surface area contributed by atoms with E-state index in [4.69, 9.17) is 0 Å². The fraction of sp³-hybridized carbons (Fsp3) is 0. The third kappa shape index (κ3) is 6.12. The highest BCUT2D eigenvalue weighted by molar-refractivity contribution is 6.09. The zero-order valence-electron chi connectivity index (χ0n) is 31.4. The van der Waals surface area contributed by atoms with Crippen LogP contribution in [0.25, 0.3) is 49.5 Å². The Morgan fingerprint density at radius 3 is 1.04 bits per heavy atom. The molecular formula is C54H39N3. The van der Waals surface area contributed by atoms with E-state index in [-0.39, 0.29) is 0 Å².